The van der Waals surface area contributed by atoms with Gasteiger partial charge in [-0.1, -0.05) is 6.07 Å². The van der Waals surface area contributed by atoms with Crippen LogP contribution in [-0.2, 0) is 4.74 Å². The van der Waals surface area contributed by atoms with Crippen LogP contribution in [0.15, 0.2) is 30.5 Å². The molecule has 1 fully saturated rings. The number of carbonyl (C=O) groups excluding carboxylic acids is 2. The fraction of sp³-hybridized carbons (Fsp3) is 0.409. The number of aryl methyl sites for hydroxylation is 2. The van der Waals surface area contributed by atoms with E-state index < -0.39 is 6.67 Å². The summed E-state index contributed by atoms with van der Waals surface area (Å²) < 4.78 is 17.6. The first kappa shape index (κ1) is 21.7. The SMILES string of the molecule is Cc1cc(C)c(C(=O)NCCCF)cc1NC(=O)c1ccc(N2CCOCC2)nc1. The number of hydrogen-bond acceptors (Lipinski definition) is 5. The molecule has 7 nitrogen and oxygen atoms in total. The third-order valence-corrected chi connectivity index (χ3v) is 5.01. The molecule has 2 heterocycles. The van der Waals surface area contributed by atoms with Gasteiger partial charge in [-0.05, 0) is 49.6 Å². The number of hydrogen-bond donors (Lipinski definition) is 2. The Labute approximate surface area is 175 Å². The van der Waals surface area contributed by atoms with Crippen LogP contribution in [0.5, 0.6) is 0 Å². The minimum atomic E-state index is -0.479. The number of halogens is 1. The van der Waals surface area contributed by atoms with Crippen LogP contribution in [0.1, 0.15) is 38.3 Å². The summed E-state index contributed by atoms with van der Waals surface area (Å²) in [4.78, 5) is 31.6. The van der Waals surface area contributed by atoms with Gasteiger partial charge in [0.1, 0.15) is 5.82 Å². The molecule has 30 heavy (non-hydrogen) atoms. The minimum Gasteiger partial charge on any atom is -0.378 e. The Kier molecular flexibility index (Phi) is 7.35. The number of nitrogens with zero attached hydrogens (tertiary/aromatic N) is 2. The molecule has 1 aromatic heterocycles. The van der Waals surface area contributed by atoms with Crippen molar-refractivity contribution in [1.29, 1.82) is 0 Å². The fourth-order valence-corrected chi connectivity index (χ4v) is 3.29. The second-order valence-electron chi connectivity index (χ2n) is 7.24. The monoisotopic (exact) mass is 414 g/mol. The number of benzene rings is 1. The van der Waals surface area contributed by atoms with Crippen LogP contribution in [0.4, 0.5) is 15.9 Å². The lowest BCUT2D eigenvalue weighted by atomic mass is 10.0. The van der Waals surface area contributed by atoms with Gasteiger partial charge in [-0.25, -0.2) is 4.98 Å². The van der Waals surface area contributed by atoms with Gasteiger partial charge in [0.25, 0.3) is 11.8 Å². The lowest BCUT2D eigenvalue weighted by molar-refractivity contribution is 0.0950. The van der Waals surface area contributed by atoms with Crippen molar-refractivity contribution in [1.82, 2.24) is 10.3 Å². The number of ether oxygens (including phenoxy) is 1. The molecule has 0 saturated carbocycles. The van der Waals surface area contributed by atoms with Gasteiger partial charge in [0.15, 0.2) is 0 Å². The molecule has 1 aliphatic rings. The van der Waals surface area contributed by atoms with E-state index in [0.29, 0.717) is 30.0 Å². The van der Waals surface area contributed by atoms with Gasteiger partial charge >= 0.3 is 0 Å². The lowest BCUT2D eigenvalue weighted by Crippen LogP contribution is -2.36. The number of amides is 2. The zero-order valence-corrected chi connectivity index (χ0v) is 17.3. The third kappa shape index (κ3) is 5.33. The van der Waals surface area contributed by atoms with E-state index in [0.717, 1.165) is 30.0 Å². The normalized spacial score (nSPS) is 13.8. The molecule has 3 rings (SSSR count). The summed E-state index contributed by atoms with van der Waals surface area (Å²) in [7, 11) is 0. The van der Waals surface area contributed by atoms with Gasteiger partial charge in [-0.3, -0.25) is 14.0 Å². The van der Waals surface area contributed by atoms with Crippen molar-refractivity contribution in [2.24, 2.45) is 0 Å². The van der Waals surface area contributed by atoms with Crippen molar-refractivity contribution in [2.45, 2.75) is 20.3 Å². The minimum absolute atomic E-state index is 0.269. The number of pyridine rings is 1. The van der Waals surface area contributed by atoms with Crippen molar-refractivity contribution in [3.05, 3.63) is 52.7 Å². The summed E-state index contributed by atoms with van der Waals surface area (Å²) in [6.07, 6.45) is 1.82. The number of morpholine rings is 1. The Morgan fingerprint density at radius 1 is 1.13 bits per heavy atom. The first-order chi connectivity index (χ1) is 14.5. The summed E-state index contributed by atoms with van der Waals surface area (Å²) in [5.41, 5.74) is 3.08. The van der Waals surface area contributed by atoms with Gasteiger partial charge in [0, 0.05) is 37.1 Å². The largest absolute Gasteiger partial charge is 0.378 e. The predicted octanol–water partition coefficient (Wildman–Crippen LogP) is 2.88. The maximum atomic E-state index is 12.7. The van der Waals surface area contributed by atoms with E-state index in [-0.39, 0.29) is 24.8 Å². The molecule has 160 valence electrons. The van der Waals surface area contributed by atoms with Crippen molar-refractivity contribution < 1.29 is 18.7 Å². The molecule has 1 saturated heterocycles. The number of aromatic nitrogens is 1. The molecule has 0 bridgehead atoms. The molecule has 0 radical (unpaired) electrons. The van der Waals surface area contributed by atoms with E-state index in [4.69, 9.17) is 4.74 Å². The topological polar surface area (TPSA) is 83.6 Å². The standard InChI is InChI=1S/C22H27FN4O3/c1-15-12-16(2)19(13-18(15)22(29)24-7-3-6-23)26-21(28)17-4-5-20(25-14-17)27-8-10-30-11-9-27/h4-5,12-14H,3,6-11H2,1-2H3,(H,24,29)(H,26,28). The predicted molar refractivity (Wildman–Crippen MR) is 114 cm³/mol. The smallest absolute Gasteiger partial charge is 0.257 e. The van der Waals surface area contributed by atoms with Gasteiger partial charge in [-0.15, -0.1) is 0 Å². The van der Waals surface area contributed by atoms with E-state index in [1.165, 1.54) is 0 Å². The van der Waals surface area contributed by atoms with Crippen LogP contribution < -0.4 is 15.5 Å². The lowest BCUT2D eigenvalue weighted by Gasteiger charge is -2.27. The molecule has 1 aromatic carbocycles. The highest BCUT2D eigenvalue weighted by Gasteiger charge is 2.16. The van der Waals surface area contributed by atoms with Crippen LogP contribution in [-0.4, -0.2) is 56.3 Å². The van der Waals surface area contributed by atoms with Crippen LogP contribution in [0, 0.1) is 13.8 Å². The molecule has 0 atom stereocenters. The molecule has 0 aliphatic carbocycles. The highest BCUT2D eigenvalue weighted by atomic mass is 19.1. The van der Waals surface area contributed by atoms with E-state index in [1.807, 2.05) is 26.0 Å². The number of alkyl halides is 1. The molecule has 8 heteroatoms. The molecule has 1 aliphatic heterocycles. The average molecular weight is 414 g/mol. The Hall–Kier alpha value is -3.00. The van der Waals surface area contributed by atoms with Gasteiger partial charge in [0.2, 0.25) is 0 Å². The zero-order valence-electron chi connectivity index (χ0n) is 17.3. The Morgan fingerprint density at radius 3 is 2.57 bits per heavy atom. The second-order valence-corrected chi connectivity index (χ2v) is 7.24. The van der Waals surface area contributed by atoms with Gasteiger partial charge in [-0.2, -0.15) is 0 Å². The Bertz CT molecular complexity index is 896. The van der Waals surface area contributed by atoms with Crippen molar-refractivity contribution in [3.63, 3.8) is 0 Å². The number of rotatable bonds is 7. The highest BCUT2D eigenvalue weighted by Crippen LogP contribution is 2.22. The second kappa shape index (κ2) is 10.2. The molecule has 0 unspecified atom stereocenters. The number of carbonyl (C=O) groups is 2. The van der Waals surface area contributed by atoms with E-state index >= 15 is 0 Å². The van der Waals surface area contributed by atoms with E-state index in [9.17, 15) is 14.0 Å². The van der Waals surface area contributed by atoms with Crippen LogP contribution in [0.25, 0.3) is 0 Å². The fourth-order valence-electron chi connectivity index (χ4n) is 3.29. The van der Waals surface area contributed by atoms with Crippen molar-refractivity contribution in [3.8, 4) is 0 Å². The highest BCUT2D eigenvalue weighted by molar-refractivity contribution is 6.05. The molecular formula is C22H27FN4O3. The molecular weight excluding hydrogens is 387 g/mol. The van der Waals surface area contributed by atoms with Crippen LogP contribution >= 0.6 is 0 Å². The maximum Gasteiger partial charge on any atom is 0.257 e. The molecule has 2 N–H and O–H groups in total. The summed E-state index contributed by atoms with van der Waals surface area (Å²) in [5, 5.41) is 5.56. The van der Waals surface area contributed by atoms with Gasteiger partial charge < -0.3 is 20.3 Å². The first-order valence-corrected chi connectivity index (χ1v) is 10.0. The number of nitrogens with one attached hydrogen (secondary N) is 2. The quantitative estimate of drug-likeness (QED) is 0.681. The maximum absolute atomic E-state index is 12.7. The van der Waals surface area contributed by atoms with Crippen LogP contribution in [0.3, 0.4) is 0 Å². The summed E-state index contributed by atoms with van der Waals surface area (Å²) >= 11 is 0. The number of anilines is 2. The molecule has 2 aromatic rings. The van der Waals surface area contributed by atoms with E-state index in [2.05, 4.69) is 20.5 Å². The van der Waals surface area contributed by atoms with Crippen LogP contribution in [0.2, 0.25) is 0 Å². The summed E-state index contributed by atoms with van der Waals surface area (Å²) in [6.45, 7) is 6.37. The Morgan fingerprint density at radius 2 is 1.90 bits per heavy atom. The van der Waals surface area contributed by atoms with E-state index in [1.54, 1.807) is 18.3 Å². The molecule has 0 spiro atoms. The Balaban J connectivity index is 1.71. The summed E-state index contributed by atoms with van der Waals surface area (Å²) in [6, 6.07) is 7.07. The van der Waals surface area contributed by atoms with Crippen molar-refractivity contribution >= 4 is 23.3 Å². The van der Waals surface area contributed by atoms with Crippen molar-refractivity contribution in [2.75, 3.05) is 49.7 Å². The first-order valence-electron chi connectivity index (χ1n) is 10.0. The average Bonchev–Trinajstić information content (AvgIpc) is 2.76. The molecule has 2 amide bonds. The summed E-state index contributed by atoms with van der Waals surface area (Å²) in [5.74, 6) is 0.230. The third-order valence-electron chi connectivity index (χ3n) is 5.01. The zero-order chi connectivity index (χ0) is 21.5. The van der Waals surface area contributed by atoms with Gasteiger partial charge in [0.05, 0.1) is 25.5 Å².